The number of carbonyl (C=O) groups is 1. The Hall–Kier alpha value is -0.580. The smallest absolute Gasteiger partial charge is 0.309 e. The first kappa shape index (κ1) is 12.9. The minimum atomic E-state index is -2.99. The lowest BCUT2D eigenvalue weighted by atomic mass is 9.63. The fourth-order valence-electron chi connectivity index (χ4n) is 3.30. The SMILES string of the molecule is CC1CCC(C(=O)O)(C2CCS(=O)(=O)C2)CC1. The molecule has 0 amide bonds. The molecule has 5 heteroatoms. The largest absolute Gasteiger partial charge is 0.481 e. The molecule has 4 nitrogen and oxygen atoms in total. The molecule has 1 saturated heterocycles. The number of sulfone groups is 1. The van der Waals surface area contributed by atoms with Crippen LogP contribution >= 0.6 is 0 Å². The van der Waals surface area contributed by atoms with E-state index in [9.17, 15) is 18.3 Å². The van der Waals surface area contributed by atoms with Gasteiger partial charge in [0.15, 0.2) is 9.84 Å². The molecule has 2 fully saturated rings. The quantitative estimate of drug-likeness (QED) is 0.820. The lowest BCUT2D eigenvalue weighted by Crippen LogP contribution is -2.42. The van der Waals surface area contributed by atoms with Gasteiger partial charge in [-0.25, -0.2) is 8.42 Å². The van der Waals surface area contributed by atoms with E-state index in [1.54, 1.807) is 0 Å². The molecule has 0 aromatic heterocycles. The third-order valence-corrected chi connectivity index (χ3v) is 6.37. The Balaban J connectivity index is 2.21. The molecular formula is C12H20O4S. The topological polar surface area (TPSA) is 71.4 Å². The van der Waals surface area contributed by atoms with E-state index in [1.165, 1.54) is 0 Å². The van der Waals surface area contributed by atoms with Crippen molar-refractivity contribution in [1.82, 2.24) is 0 Å². The van der Waals surface area contributed by atoms with E-state index < -0.39 is 21.2 Å². The first-order valence-electron chi connectivity index (χ1n) is 6.29. The molecule has 1 unspecified atom stereocenters. The van der Waals surface area contributed by atoms with Crippen molar-refractivity contribution in [2.45, 2.75) is 39.0 Å². The number of carboxylic acids is 1. The summed E-state index contributed by atoms with van der Waals surface area (Å²) in [5.74, 6) is -0.139. The maximum atomic E-state index is 11.6. The average molecular weight is 260 g/mol. The van der Waals surface area contributed by atoms with E-state index in [4.69, 9.17) is 0 Å². The number of aliphatic carboxylic acids is 1. The van der Waals surface area contributed by atoms with Crippen LogP contribution in [-0.2, 0) is 14.6 Å². The normalized spacial score (nSPS) is 41.2. The second-order valence-corrected chi connectivity index (χ2v) is 7.97. The van der Waals surface area contributed by atoms with Crippen molar-refractivity contribution in [1.29, 1.82) is 0 Å². The zero-order valence-electron chi connectivity index (χ0n) is 10.2. The van der Waals surface area contributed by atoms with Crippen molar-refractivity contribution >= 4 is 15.8 Å². The minimum absolute atomic E-state index is 0.0771. The molecule has 0 bridgehead atoms. The van der Waals surface area contributed by atoms with Gasteiger partial charge in [-0.05, 0) is 43.9 Å². The van der Waals surface area contributed by atoms with E-state index in [1.807, 2.05) is 0 Å². The summed E-state index contributed by atoms with van der Waals surface area (Å²) in [6.45, 7) is 2.14. The van der Waals surface area contributed by atoms with Crippen LogP contribution in [0.5, 0.6) is 0 Å². The third-order valence-electron chi connectivity index (χ3n) is 4.61. The summed E-state index contributed by atoms with van der Waals surface area (Å²) in [5, 5.41) is 9.51. The maximum Gasteiger partial charge on any atom is 0.309 e. The van der Waals surface area contributed by atoms with Crippen LogP contribution in [-0.4, -0.2) is 31.0 Å². The number of hydrogen-bond donors (Lipinski definition) is 1. The Morgan fingerprint density at radius 3 is 2.24 bits per heavy atom. The van der Waals surface area contributed by atoms with Crippen LogP contribution in [0, 0.1) is 17.3 Å². The third kappa shape index (κ3) is 2.34. The molecular weight excluding hydrogens is 240 g/mol. The van der Waals surface area contributed by atoms with Crippen LogP contribution < -0.4 is 0 Å². The monoisotopic (exact) mass is 260 g/mol. The molecule has 1 aliphatic heterocycles. The summed E-state index contributed by atoms with van der Waals surface area (Å²) >= 11 is 0. The van der Waals surface area contributed by atoms with Crippen LogP contribution in [0.2, 0.25) is 0 Å². The molecule has 1 aliphatic carbocycles. The van der Waals surface area contributed by atoms with E-state index in [-0.39, 0.29) is 17.4 Å². The van der Waals surface area contributed by atoms with Crippen molar-refractivity contribution in [3.63, 3.8) is 0 Å². The predicted molar refractivity (Wildman–Crippen MR) is 64.5 cm³/mol. The zero-order chi connectivity index (χ0) is 12.7. The summed E-state index contributed by atoms with van der Waals surface area (Å²) in [6.07, 6.45) is 3.63. The van der Waals surface area contributed by atoms with Crippen LogP contribution in [0.25, 0.3) is 0 Å². The van der Waals surface area contributed by atoms with Gasteiger partial charge in [-0.2, -0.15) is 0 Å². The van der Waals surface area contributed by atoms with Gasteiger partial charge in [0.05, 0.1) is 16.9 Å². The molecule has 0 radical (unpaired) electrons. The second-order valence-electron chi connectivity index (χ2n) is 5.74. The van der Waals surface area contributed by atoms with Crippen LogP contribution in [0.4, 0.5) is 0 Å². The fraction of sp³-hybridized carbons (Fsp3) is 0.917. The summed E-state index contributed by atoms with van der Waals surface area (Å²) in [5.41, 5.74) is -0.768. The molecule has 1 heterocycles. The number of rotatable bonds is 2. The number of carboxylic acid groups (broad SMARTS) is 1. The molecule has 0 aromatic rings. The molecule has 1 saturated carbocycles. The molecule has 98 valence electrons. The minimum Gasteiger partial charge on any atom is -0.481 e. The predicted octanol–water partition coefficient (Wildman–Crippen LogP) is 1.70. The highest BCUT2D eigenvalue weighted by Gasteiger charge is 2.50. The molecule has 2 aliphatic rings. The van der Waals surface area contributed by atoms with Gasteiger partial charge < -0.3 is 5.11 Å². The highest BCUT2D eigenvalue weighted by Crippen LogP contribution is 2.48. The van der Waals surface area contributed by atoms with Crippen LogP contribution in [0.1, 0.15) is 39.0 Å². The lowest BCUT2D eigenvalue weighted by Gasteiger charge is -2.39. The Kier molecular flexibility index (Phi) is 3.23. The van der Waals surface area contributed by atoms with E-state index in [2.05, 4.69) is 6.92 Å². The molecule has 1 N–H and O–H groups in total. The van der Waals surface area contributed by atoms with Crippen LogP contribution in [0.15, 0.2) is 0 Å². The summed E-state index contributed by atoms with van der Waals surface area (Å²) in [6, 6.07) is 0. The Bertz CT molecular complexity index is 404. The Labute approximate surface area is 102 Å². The summed E-state index contributed by atoms with van der Waals surface area (Å²) in [4.78, 5) is 11.6. The Morgan fingerprint density at radius 2 is 1.82 bits per heavy atom. The van der Waals surface area contributed by atoms with E-state index in [0.717, 1.165) is 12.8 Å². The highest BCUT2D eigenvalue weighted by molar-refractivity contribution is 7.91. The van der Waals surface area contributed by atoms with Crippen molar-refractivity contribution in [2.24, 2.45) is 17.3 Å². The van der Waals surface area contributed by atoms with Crippen LogP contribution in [0.3, 0.4) is 0 Å². The van der Waals surface area contributed by atoms with Crippen molar-refractivity contribution in [2.75, 3.05) is 11.5 Å². The van der Waals surface area contributed by atoms with Gasteiger partial charge >= 0.3 is 5.97 Å². The van der Waals surface area contributed by atoms with Gasteiger partial charge in [0.1, 0.15) is 0 Å². The molecule has 0 aromatic carbocycles. The van der Waals surface area contributed by atoms with Gasteiger partial charge in [0.25, 0.3) is 0 Å². The van der Waals surface area contributed by atoms with Crippen molar-refractivity contribution < 1.29 is 18.3 Å². The van der Waals surface area contributed by atoms with Gasteiger partial charge in [-0.1, -0.05) is 6.92 Å². The van der Waals surface area contributed by atoms with Gasteiger partial charge in [-0.3, -0.25) is 4.79 Å². The average Bonchev–Trinajstić information content (AvgIpc) is 2.60. The summed E-state index contributed by atoms with van der Waals surface area (Å²) in [7, 11) is -2.99. The fourth-order valence-corrected chi connectivity index (χ4v) is 5.21. The van der Waals surface area contributed by atoms with Gasteiger partial charge in [0.2, 0.25) is 0 Å². The second kappa shape index (κ2) is 4.26. The van der Waals surface area contributed by atoms with E-state index in [0.29, 0.717) is 25.2 Å². The standard InChI is InChI=1S/C12H20O4S/c1-9-2-5-12(6-3-9,11(13)14)10-4-7-17(15,16)8-10/h9-10H,2-8H2,1H3,(H,13,14). The first-order chi connectivity index (χ1) is 7.86. The van der Waals surface area contributed by atoms with Gasteiger partial charge in [-0.15, -0.1) is 0 Å². The zero-order valence-corrected chi connectivity index (χ0v) is 11.0. The molecule has 0 spiro atoms. The molecule has 17 heavy (non-hydrogen) atoms. The van der Waals surface area contributed by atoms with Crippen molar-refractivity contribution in [3.05, 3.63) is 0 Å². The highest BCUT2D eigenvalue weighted by atomic mass is 32.2. The number of hydrogen-bond acceptors (Lipinski definition) is 3. The maximum absolute atomic E-state index is 11.6. The van der Waals surface area contributed by atoms with E-state index >= 15 is 0 Å². The lowest BCUT2D eigenvalue weighted by molar-refractivity contribution is -0.155. The molecule has 2 rings (SSSR count). The van der Waals surface area contributed by atoms with Gasteiger partial charge in [0, 0.05) is 0 Å². The molecule has 1 atom stereocenters. The van der Waals surface area contributed by atoms with Crippen molar-refractivity contribution in [3.8, 4) is 0 Å². The first-order valence-corrected chi connectivity index (χ1v) is 8.12. The summed E-state index contributed by atoms with van der Waals surface area (Å²) < 4.78 is 23.0. The Morgan fingerprint density at radius 1 is 1.24 bits per heavy atom.